The highest BCUT2D eigenvalue weighted by molar-refractivity contribution is 7.89. The predicted molar refractivity (Wildman–Crippen MR) is 111 cm³/mol. The second kappa shape index (κ2) is 6.58. The van der Waals surface area contributed by atoms with Crippen LogP contribution in [0.5, 0.6) is 0 Å². The fourth-order valence-corrected chi connectivity index (χ4v) is 4.71. The summed E-state index contributed by atoms with van der Waals surface area (Å²) in [5.41, 5.74) is 5.10. The van der Waals surface area contributed by atoms with E-state index >= 15 is 0 Å². The van der Waals surface area contributed by atoms with Gasteiger partial charge in [-0.15, -0.1) is 0 Å². The summed E-state index contributed by atoms with van der Waals surface area (Å²) in [6.45, 7) is 1.80. The lowest BCUT2D eigenvalue weighted by atomic mass is 9.99. The van der Waals surface area contributed by atoms with Crippen molar-refractivity contribution in [1.29, 1.82) is 0 Å². The molecule has 0 radical (unpaired) electrons. The molecule has 0 N–H and O–H groups in total. The summed E-state index contributed by atoms with van der Waals surface area (Å²) < 4.78 is 27.5. The van der Waals surface area contributed by atoms with Crippen LogP contribution in [0.25, 0.3) is 22.0 Å². The lowest BCUT2D eigenvalue weighted by Gasteiger charge is -2.11. The first-order valence-corrected chi connectivity index (χ1v) is 11.5. The molecule has 1 aromatic carbocycles. The second-order valence-corrected chi connectivity index (χ2v) is 10.3. The molecular formula is C21H25N3O3S. The molecule has 0 saturated heterocycles. The van der Waals surface area contributed by atoms with E-state index in [4.69, 9.17) is 5.10 Å². The fraction of sp³-hybridized carbons (Fsp3) is 0.429. The molecule has 3 aromatic rings. The van der Waals surface area contributed by atoms with Gasteiger partial charge < -0.3 is 4.57 Å². The maximum absolute atomic E-state index is 12.1. The molecule has 0 unspecified atom stereocenters. The van der Waals surface area contributed by atoms with Crippen molar-refractivity contribution in [3.8, 4) is 11.1 Å². The zero-order chi connectivity index (χ0) is 20.2. The lowest BCUT2D eigenvalue weighted by Crippen LogP contribution is -2.18. The first-order valence-electron chi connectivity index (χ1n) is 9.46. The fourth-order valence-electron chi connectivity index (χ4n) is 3.92. The summed E-state index contributed by atoms with van der Waals surface area (Å²) >= 11 is 0. The molecule has 4 rings (SSSR count). The Bertz CT molecular complexity index is 1220. The smallest absolute Gasteiger partial charge is 0.253 e. The van der Waals surface area contributed by atoms with Gasteiger partial charge in [-0.05, 0) is 67.0 Å². The largest absolute Gasteiger partial charge is 0.318 e. The van der Waals surface area contributed by atoms with Crippen molar-refractivity contribution in [2.75, 3.05) is 6.26 Å². The molecule has 0 spiro atoms. The van der Waals surface area contributed by atoms with Crippen LogP contribution in [0.15, 0.2) is 29.2 Å². The molecule has 2 aromatic heterocycles. The van der Waals surface area contributed by atoms with Crippen LogP contribution in [0, 0.1) is 12.8 Å². The first kappa shape index (κ1) is 18.9. The minimum atomic E-state index is -3.21. The van der Waals surface area contributed by atoms with Gasteiger partial charge in [-0.3, -0.25) is 9.48 Å². The topological polar surface area (TPSA) is 74.0 Å². The number of fused-ring (bicyclic) bond motifs is 1. The SMILES string of the molecule is Cc1cc(-c2cc(CS(C)(=O)=O)c3c(c2)c(CC2CC2)nn3C)cn(C)c1=O. The van der Waals surface area contributed by atoms with E-state index in [1.54, 1.807) is 24.7 Å². The average Bonchev–Trinajstić information content (AvgIpc) is 3.34. The van der Waals surface area contributed by atoms with E-state index in [0.29, 0.717) is 11.5 Å². The Labute approximate surface area is 164 Å². The number of benzene rings is 1. The molecular weight excluding hydrogens is 374 g/mol. The van der Waals surface area contributed by atoms with Crippen molar-refractivity contribution in [2.45, 2.75) is 31.9 Å². The Balaban J connectivity index is 1.97. The molecule has 0 atom stereocenters. The van der Waals surface area contributed by atoms with E-state index in [2.05, 4.69) is 6.07 Å². The van der Waals surface area contributed by atoms with Crippen molar-refractivity contribution in [1.82, 2.24) is 14.3 Å². The Hall–Kier alpha value is -2.41. The predicted octanol–water partition coefficient (Wildman–Crippen LogP) is 2.74. The van der Waals surface area contributed by atoms with Gasteiger partial charge >= 0.3 is 0 Å². The number of aryl methyl sites for hydroxylation is 3. The summed E-state index contributed by atoms with van der Waals surface area (Å²) in [5, 5.41) is 5.72. The number of aromatic nitrogens is 3. The molecule has 148 valence electrons. The zero-order valence-corrected chi connectivity index (χ0v) is 17.5. The Kier molecular flexibility index (Phi) is 4.45. The number of nitrogens with zero attached hydrogens (tertiary/aromatic N) is 3. The van der Waals surface area contributed by atoms with Crippen LogP contribution in [0.3, 0.4) is 0 Å². The molecule has 28 heavy (non-hydrogen) atoms. The highest BCUT2D eigenvalue weighted by Gasteiger charge is 2.25. The minimum absolute atomic E-state index is 0.0306. The van der Waals surface area contributed by atoms with Crippen molar-refractivity contribution in [3.05, 3.63) is 51.6 Å². The van der Waals surface area contributed by atoms with E-state index < -0.39 is 9.84 Å². The van der Waals surface area contributed by atoms with Gasteiger partial charge in [0.05, 0.1) is 17.0 Å². The third-order valence-corrected chi connectivity index (χ3v) is 6.22. The zero-order valence-electron chi connectivity index (χ0n) is 16.7. The summed E-state index contributed by atoms with van der Waals surface area (Å²) in [7, 11) is 0.404. The van der Waals surface area contributed by atoms with Crippen molar-refractivity contribution < 1.29 is 8.42 Å². The maximum Gasteiger partial charge on any atom is 0.253 e. The normalized spacial score (nSPS) is 14.7. The van der Waals surface area contributed by atoms with Gasteiger partial charge in [0.1, 0.15) is 0 Å². The third kappa shape index (κ3) is 3.63. The number of sulfone groups is 1. The number of rotatable bonds is 5. The summed E-state index contributed by atoms with van der Waals surface area (Å²) in [5.74, 6) is 0.643. The molecule has 1 saturated carbocycles. The van der Waals surface area contributed by atoms with Crippen LogP contribution < -0.4 is 5.56 Å². The van der Waals surface area contributed by atoms with Gasteiger partial charge in [0.15, 0.2) is 9.84 Å². The van der Waals surface area contributed by atoms with Crippen molar-refractivity contribution in [2.24, 2.45) is 20.0 Å². The Morgan fingerprint density at radius 3 is 2.46 bits per heavy atom. The monoisotopic (exact) mass is 399 g/mol. The number of pyridine rings is 1. The second-order valence-electron chi connectivity index (χ2n) is 8.15. The molecule has 0 aliphatic heterocycles. The van der Waals surface area contributed by atoms with Crippen LogP contribution >= 0.6 is 0 Å². The molecule has 0 bridgehead atoms. The van der Waals surface area contributed by atoms with Gasteiger partial charge in [-0.25, -0.2) is 8.42 Å². The quantitative estimate of drug-likeness (QED) is 0.661. The highest BCUT2D eigenvalue weighted by Crippen LogP contribution is 2.36. The van der Waals surface area contributed by atoms with Gasteiger partial charge in [0.25, 0.3) is 5.56 Å². The van der Waals surface area contributed by atoms with Crippen LogP contribution in [0.4, 0.5) is 0 Å². The number of hydrogen-bond donors (Lipinski definition) is 0. The third-order valence-electron chi connectivity index (χ3n) is 5.39. The van der Waals surface area contributed by atoms with Crippen molar-refractivity contribution in [3.63, 3.8) is 0 Å². The molecule has 7 heteroatoms. The van der Waals surface area contributed by atoms with Crippen LogP contribution in [0.1, 0.15) is 29.7 Å². The summed E-state index contributed by atoms with van der Waals surface area (Å²) in [6.07, 6.45) is 6.44. The van der Waals surface area contributed by atoms with Gasteiger partial charge in [-0.2, -0.15) is 5.10 Å². The number of hydrogen-bond acceptors (Lipinski definition) is 4. The maximum atomic E-state index is 12.1. The lowest BCUT2D eigenvalue weighted by molar-refractivity contribution is 0.601. The molecule has 1 aliphatic rings. The minimum Gasteiger partial charge on any atom is -0.318 e. The standard InChI is InChI=1S/C21H25N3O3S/c1-13-7-16(11-23(2)21(13)25)15-9-17(12-28(4,26)27)20-18(10-15)19(22-24(20)3)8-14-5-6-14/h7,9-11,14H,5-6,8,12H2,1-4H3. The van der Waals surface area contributed by atoms with E-state index in [1.807, 2.05) is 23.9 Å². The van der Waals surface area contributed by atoms with Crippen LogP contribution in [0.2, 0.25) is 0 Å². The van der Waals surface area contributed by atoms with Crippen LogP contribution in [-0.4, -0.2) is 29.0 Å². The molecule has 0 amide bonds. The van der Waals surface area contributed by atoms with Crippen molar-refractivity contribution >= 4 is 20.7 Å². The summed E-state index contributed by atoms with van der Waals surface area (Å²) in [4.78, 5) is 12.1. The van der Waals surface area contributed by atoms with Gasteiger partial charge in [-0.1, -0.05) is 0 Å². The van der Waals surface area contributed by atoms with E-state index in [-0.39, 0.29) is 11.3 Å². The summed E-state index contributed by atoms with van der Waals surface area (Å²) in [6, 6.07) is 5.88. The van der Waals surface area contributed by atoms with E-state index in [0.717, 1.165) is 39.7 Å². The first-order chi connectivity index (χ1) is 13.1. The average molecular weight is 400 g/mol. The van der Waals surface area contributed by atoms with Gasteiger partial charge in [0, 0.05) is 37.5 Å². The molecule has 1 aliphatic carbocycles. The Morgan fingerprint density at radius 2 is 1.86 bits per heavy atom. The molecule has 1 fully saturated rings. The van der Waals surface area contributed by atoms with Crippen LogP contribution in [-0.2, 0) is 36.1 Å². The van der Waals surface area contributed by atoms with E-state index in [9.17, 15) is 13.2 Å². The Morgan fingerprint density at radius 1 is 1.14 bits per heavy atom. The van der Waals surface area contributed by atoms with E-state index in [1.165, 1.54) is 19.1 Å². The molecule has 6 nitrogen and oxygen atoms in total. The molecule has 2 heterocycles. The van der Waals surface area contributed by atoms with Gasteiger partial charge in [0.2, 0.25) is 0 Å². The highest BCUT2D eigenvalue weighted by atomic mass is 32.2.